The topological polar surface area (TPSA) is 76.1 Å². The summed E-state index contributed by atoms with van der Waals surface area (Å²) in [6.07, 6.45) is 2.70. The van der Waals surface area contributed by atoms with Gasteiger partial charge < -0.3 is 14.6 Å². The lowest BCUT2D eigenvalue weighted by Crippen LogP contribution is -2.44. The first-order valence-corrected chi connectivity index (χ1v) is 8.19. The molecule has 2 rings (SSSR count). The highest BCUT2D eigenvalue weighted by Crippen LogP contribution is 2.27. The summed E-state index contributed by atoms with van der Waals surface area (Å²) < 4.78 is 10.1. The fourth-order valence-corrected chi connectivity index (χ4v) is 3.24. The molecule has 24 heavy (non-hydrogen) atoms. The van der Waals surface area contributed by atoms with Crippen LogP contribution in [0, 0.1) is 13.8 Å². The summed E-state index contributed by atoms with van der Waals surface area (Å²) in [7, 11) is 1.33. The third kappa shape index (κ3) is 4.47. The molecule has 0 aliphatic carbocycles. The zero-order valence-corrected chi connectivity index (χ0v) is 14.5. The molecular weight excluding hydrogens is 310 g/mol. The Hall–Kier alpha value is -2.08. The van der Waals surface area contributed by atoms with E-state index in [4.69, 9.17) is 4.74 Å². The number of carbonyl (C=O) groups is 2. The van der Waals surface area contributed by atoms with Crippen LogP contribution < -0.4 is 4.74 Å². The van der Waals surface area contributed by atoms with Crippen molar-refractivity contribution in [3.05, 3.63) is 28.8 Å². The smallest absolute Gasteiger partial charge is 0.343 e. The third-order valence-electron chi connectivity index (χ3n) is 4.37. The number of carboxylic acids is 1. The summed E-state index contributed by atoms with van der Waals surface area (Å²) in [5.41, 5.74) is 2.92. The number of hydrogen-bond donors (Lipinski definition) is 1. The molecule has 1 fully saturated rings. The van der Waals surface area contributed by atoms with Gasteiger partial charge in [-0.2, -0.15) is 0 Å². The maximum Gasteiger partial charge on any atom is 0.343 e. The second kappa shape index (κ2) is 8.15. The minimum absolute atomic E-state index is 0.120. The predicted octanol–water partition coefficient (Wildman–Crippen LogP) is 2.29. The van der Waals surface area contributed by atoms with Crippen LogP contribution in [0.3, 0.4) is 0 Å². The Morgan fingerprint density at radius 2 is 1.92 bits per heavy atom. The second-order valence-corrected chi connectivity index (χ2v) is 6.24. The summed E-state index contributed by atoms with van der Waals surface area (Å²) in [6.45, 7) is 5.14. The minimum atomic E-state index is -0.749. The number of aliphatic carboxylic acids is 1. The Morgan fingerprint density at radius 1 is 1.25 bits per heavy atom. The molecule has 1 atom stereocenters. The molecule has 1 aromatic rings. The average molecular weight is 335 g/mol. The van der Waals surface area contributed by atoms with Gasteiger partial charge in [0.1, 0.15) is 11.8 Å². The number of carboxylic acid groups (broad SMARTS) is 1. The fraction of sp³-hybridized carbons (Fsp3) is 0.556. The quantitative estimate of drug-likeness (QED) is 0.804. The molecule has 0 spiro atoms. The number of hydrogen-bond acceptors (Lipinski definition) is 5. The summed E-state index contributed by atoms with van der Waals surface area (Å²) in [6, 6.07) is 3.58. The lowest BCUT2D eigenvalue weighted by molar-refractivity contribution is -0.145. The van der Waals surface area contributed by atoms with E-state index in [1.807, 2.05) is 30.9 Å². The number of piperidine rings is 1. The van der Waals surface area contributed by atoms with E-state index in [9.17, 15) is 14.7 Å². The first kappa shape index (κ1) is 18.3. The van der Waals surface area contributed by atoms with Crippen LogP contribution in [0.4, 0.5) is 0 Å². The van der Waals surface area contributed by atoms with E-state index in [1.54, 1.807) is 0 Å². The van der Waals surface area contributed by atoms with Gasteiger partial charge in [-0.1, -0.05) is 18.6 Å². The van der Waals surface area contributed by atoms with Crippen molar-refractivity contribution in [1.82, 2.24) is 4.90 Å². The highest BCUT2D eigenvalue weighted by molar-refractivity contribution is 5.73. The number of aryl methyl sites for hydroxylation is 2. The van der Waals surface area contributed by atoms with Gasteiger partial charge in [0, 0.05) is 6.54 Å². The van der Waals surface area contributed by atoms with E-state index in [-0.39, 0.29) is 6.61 Å². The molecule has 6 heteroatoms. The third-order valence-corrected chi connectivity index (χ3v) is 4.37. The molecule has 1 N–H and O–H groups in total. The Balaban J connectivity index is 2.11. The summed E-state index contributed by atoms with van der Waals surface area (Å²) >= 11 is 0. The highest BCUT2D eigenvalue weighted by Gasteiger charge is 2.28. The van der Waals surface area contributed by atoms with Crippen LogP contribution in [-0.2, 0) is 20.9 Å². The van der Waals surface area contributed by atoms with E-state index in [0.717, 1.165) is 36.1 Å². The molecule has 1 heterocycles. The Morgan fingerprint density at radius 3 is 2.50 bits per heavy atom. The number of likely N-dealkylation sites (tertiary alicyclic amines) is 1. The van der Waals surface area contributed by atoms with Crippen LogP contribution in [0.5, 0.6) is 5.75 Å². The maximum atomic E-state index is 11.4. The van der Waals surface area contributed by atoms with Gasteiger partial charge in [-0.05, 0) is 49.9 Å². The molecule has 1 aliphatic heterocycles. The van der Waals surface area contributed by atoms with Crippen LogP contribution in [0.25, 0.3) is 0 Å². The molecule has 1 aliphatic rings. The summed E-state index contributed by atoms with van der Waals surface area (Å²) in [5, 5.41) is 9.38. The number of nitrogens with zero attached hydrogens (tertiary/aromatic N) is 1. The van der Waals surface area contributed by atoms with E-state index < -0.39 is 18.0 Å². The van der Waals surface area contributed by atoms with Crippen molar-refractivity contribution < 1.29 is 24.2 Å². The molecule has 1 aromatic carbocycles. The van der Waals surface area contributed by atoms with Crippen LogP contribution in [0.15, 0.2) is 12.1 Å². The van der Waals surface area contributed by atoms with Gasteiger partial charge >= 0.3 is 11.9 Å². The molecular formula is C18H25NO5. The molecule has 0 radical (unpaired) electrons. The molecule has 0 saturated carbocycles. The van der Waals surface area contributed by atoms with Gasteiger partial charge in [-0.25, -0.2) is 4.79 Å². The largest absolute Gasteiger partial charge is 0.481 e. The normalized spacial score (nSPS) is 18.2. The van der Waals surface area contributed by atoms with Gasteiger partial charge in [0.2, 0.25) is 0 Å². The van der Waals surface area contributed by atoms with Crippen LogP contribution in [0.1, 0.15) is 36.0 Å². The SMILES string of the molecule is COC(=O)COc1c(C)cc(CN2CCCCC2C(=O)O)cc1C. The summed E-state index contributed by atoms with van der Waals surface area (Å²) in [4.78, 5) is 24.7. The zero-order valence-electron chi connectivity index (χ0n) is 14.5. The van der Waals surface area contributed by atoms with Crippen LogP contribution in [0.2, 0.25) is 0 Å². The monoisotopic (exact) mass is 335 g/mol. The first-order chi connectivity index (χ1) is 11.4. The van der Waals surface area contributed by atoms with Gasteiger partial charge in [0.15, 0.2) is 6.61 Å². The fourth-order valence-electron chi connectivity index (χ4n) is 3.24. The van der Waals surface area contributed by atoms with Crippen molar-refractivity contribution in [1.29, 1.82) is 0 Å². The molecule has 0 aromatic heterocycles. The lowest BCUT2D eigenvalue weighted by Gasteiger charge is -2.33. The number of carbonyl (C=O) groups excluding carboxylic acids is 1. The predicted molar refractivity (Wildman–Crippen MR) is 89.1 cm³/mol. The maximum absolute atomic E-state index is 11.4. The van der Waals surface area contributed by atoms with Crippen molar-refractivity contribution in [2.45, 2.75) is 45.7 Å². The van der Waals surface area contributed by atoms with Crippen molar-refractivity contribution in [3.8, 4) is 5.75 Å². The lowest BCUT2D eigenvalue weighted by atomic mass is 10.00. The van der Waals surface area contributed by atoms with Crippen molar-refractivity contribution >= 4 is 11.9 Å². The van der Waals surface area contributed by atoms with Crippen LogP contribution in [-0.4, -0.2) is 48.2 Å². The van der Waals surface area contributed by atoms with E-state index in [2.05, 4.69) is 4.74 Å². The van der Waals surface area contributed by atoms with Crippen molar-refractivity contribution in [3.63, 3.8) is 0 Å². The highest BCUT2D eigenvalue weighted by atomic mass is 16.6. The van der Waals surface area contributed by atoms with Gasteiger partial charge in [-0.3, -0.25) is 9.69 Å². The van der Waals surface area contributed by atoms with Gasteiger partial charge in [0.05, 0.1) is 7.11 Å². The van der Waals surface area contributed by atoms with E-state index in [1.165, 1.54) is 7.11 Å². The van der Waals surface area contributed by atoms with E-state index in [0.29, 0.717) is 18.7 Å². The average Bonchev–Trinajstić information content (AvgIpc) is 2.54. The molecule has 6 nitrogen and oxygen atoms in total. The first-order valence-electron chi connectivity index (χ1n) is 8.19. The Bertz CT molecular complexity index is 590. The molecule has 1 unspecified atom stereocenters. The molecule has 132 valence electrons. The standard InChI is InChI=1S/C18H25NO5/c1-12-8-14(9-13(2)17(12)24-11-16(20)23-3)10-19-7-5-4-6-15(19)18(21)22/h8-9,15H,4-7,10-11H2,1-3H3,(H,21,22). The molecule has 0 bridgehead atoms. The Labute approximate surface area is 142 Å². The zero-order chi connectivity index (χ0) is 17.7. The number of ether oxygens (including phenoxy) is 2. The molecule has 1 saturated heterocycles. The minimum Gasteiger partial charge on any atom is -0.481 e. The van der Waals surface area contributed by atoms with Crippen molar-refractivity contribution in [2.24, 2.45) is 0 Å². The summed E-state index contributed by atoms with van der Waals surface area (Å²) in [5.74, 6) is -0.491. The number of esters is 1. The van der Waals surface area contributed by atoms with E-state index >= 15 is 0 Å². The number of benzene rings is 1. The van der Waals surface area contributed by atoms with Gasteiger partial charge in [-0.15, -0.1) is 0 Å². The molecule has 0 amide bonds. The Kier molecular flexibility index (Phi) is 6.20. The van der Waals surface area contributed by atoms with Crippen LogP contribution >= 0.6 is 0 Å². The number of rotatable bonds is 6. The second-order valence-electron chi connectivity index (χ2n) is 6.24. The van der Waals surface area contributed by atoms with Crippen molar-refractivity contribution in [2.75, 3.05) is 20.3 Å². The van der Waals surface area contributed by atoms with Gasteiger partial charge in [0.25, 0.3) is 0 Å². The number of methoxy groups -OCH3 is 1.